The highest BCUT2D eigenvalue weighted by molar-refractivity contribution is 6.17. The summed E-state index contributed by atoms with van der Waals surface area (Å²) in [4.78, 5) is 29.8. The van der Waals surface area contributed by atoms with E-state index in [1.807, 2.05) is 48.9 Å². The van der Waals surface area contributed by atoms with Crippen LogP contribution in [0.1, 0.15) is 26.3 Å². The molecule has 0 radical (unpaired) electrons. The lowest BCUT2D eigenvalue weighted by Crippen LogP contribution is -2.10. The summed E-state index contributed by atoms with van der Waals surface area (Å²) >= 11 is 0. The summed E-state index contributed by atoms with van der Waals surface area (Å²) in [7, 11) is 0. The Balaban J connectivity index is 0.000000107. The van der Waals surface area contributed by atoms with Gasteiger partial charge in [-0.2, -0.15) is 0 Å². The molecule has 0 aliphatic heterocycles. The zero-order valence-corrected chi connectivity index (χ0v) is 77.2. The van der Waals surface area contributed by atoms with Gasteiger partial charge in [-0.25, -0.2) is 29.9 Å². The van der Waals surface area contributed by atoms with E-state index in [9.17, 15) is 0 Å². The topological polar surface area (TPSA) is 120 Å². The zero-order valence-electron chi connectivity index (χ0n) is 77.2. The number of rotatable bonds is 11. The van der Waals surface area contributed by atoms with Gasteiger partial charge < -0.3 is 18.1 Å². The van der Waals surface area contributed by atoms with E-state index >= 15 is 0 Å². The summed E-state index contributed by atoms with van der Waals surface area (Å²) in [6.45, 7) is 6.71. The fourth-order valence-electron chi connectivity index (χ4n) is 21.7. The summed E-state index contributed by atoms with van der Waals surface area (Å²) in [6.07, 6.45) is 5.59. The van der Waals surface area contributed by atoms with Gasteiger partial charge in [-0.05, 0) is 178 Å². The summed E-state index contributed by atoms with van der Waals surface area (Å²) in [6, 6.07) is 159. The molecule has 0 aliphatic rings. The molecule has 10 heterocycles. The van der Waals surface area contributed by atoms with Crippen molar-refractivity contribution in [2.75, 3.05) is 0 Å². The second-order valence-electron chi connectivity index (χ2n) is 37.3. The molecule has 0 bridgehead atoms. The Morgan fingerprint density at radius 2 is 0.489 bits per heavy atom. The second-order valence-corrected chi connectivity index (χ2v) is 37.3. The maximum Gasteiger partial charge on any atom is 0.235 e. The number of para-hydroxylation sites is 11. The van der Waals surface area contributed by atoms with Gasteiger partial charge in [0.25, 0.3) is 0 Å². The van der Waals surface area contributed by atoms with E-state index in [1.165, 1.54) is 114 Å². The summed E-state index contributed by atoms with van der Waals surface area (Å²) in [5, 5.41) is 19.3. The van der Waals surface area contributed by atoms with Crippen LogP contribution in [0.2, 0.25) is 0 Å². The van der Waals surface area contributed by atoms with Crippen LogP contribution in [0.4, 0.5) is 0 Å². The van der Waals surface area contributed by atoms with Crippen LogP contribution in [0.15, 0.2) is 472 Å². The smallest absolute Gasteiger partial charge is 0.235 e. The third-order valence-electron chi connectivity index (χ3n) is 28.2. The molecule has 141 heavy (non-hydrogen) atoms. The minimum Gasteiger partial charge on any atom is -0.455 e. The van der Waals surface area contributed by atoms with Crippen molar-refractivity contribution in [1.82, 2.24) is 57.3 Å². The Labute approximate surface area is 809 Å². The summed E-state index contributed by atoms with van der Waals surface area (Å²) < 4.78 is 20.0. The Morgan fingerprint density at radius 1 is 0.199 bits per heavy atom. The van der Waals surface area contributed by atoms with Gasteiger partial charge in [0.05, 0.1) is 83.3 Å². The first-order valence-electron chi connectivity index (χ1n) is 47.9. The molecule has 29 rings (SSSR count). The minimum atomic E-state index is 0.108. The van der Waals surface area contributed by atoms with Gasteiger partial charge in [0.1, 0.15) is 11.2 Å². The molecule has 10 aromatic heterocycles. The maximum atomic E-state index is 6.38. The Hall–Kier alpha value is -18.7. The summed E-state index contributed by atoms with van der Waals surface area (Å²) in [5.74, 6) is 1.96. The lowest BCUT2D eigenvalue weighted by Gasteiger charge is -2.19. The molecule has 0 unspecified atom stereocenters. The quantitative estimate of drug-likeness (QED) is 0.126. The second kappa shape index (κ2) is 33.1. The normalized spacial score (nSPS) is 11.9. The molecule has 19 aromatic carbocycles. The van der Waals surface area contributed by atoms with E-state index in [0.717, 1.165) is 128 Å². The third kappa shape index (κ3) is 13.7. The van der Waals surface area contributed by atoms with Crippen LogP contribution in [0.5, 0.6) is 0 Å². The zero-order chi connectivity index (χ0) is 93.5. The van der Waals surface area contributed by atoms with Gasteiger partial charge in [-0.15, -0.1) is 0 Å². The highest BCUT2D eigenvalue weighted by Gasteiger charge is 2.25. The van der Waals surface area contributed by atoms with Crippen molar-refractivity contribution in [1.29, 1.82) is 0 Å². The summed E-state index contributed by atoms with van der Waals surface area (Å²) in [5.41, 5.74) is 30.6. The average molecular weight is 1810 g/mol. The monoisotopic (exact) mass is 1810 g/mol. The number of fused-ring (bicyclic) bond motifs is 22. The van der Waals surface area contributed by atoms with E-state index in [4.69, 9.17) is 34.3 Å². The molecule has 664 valence electrons. The number of nitrogens with zero attached hydrogens (tertiary/aromatic N) is 12. The van der Waals surface area contributed by atoms with Crippen LogP contribution in [-0.2, 0) is 5.41 Å². The van der Waals surface area contributed by atoms with Crippen LogP contribution in [0.25, 0.3) is 254 Å². The van der Waals surface area contributed by atoms with E-state index < -0.39 is 0 Å². The van der Waals surface area contributed by atoms with Crippen LogP contribution >= 0.6 is 0 Å². The molecule has 0 saturated carbocycles. The minimum absolute atomic E-state index is 0.108. The molecule has 0 atom stereocenters. The molecular weight excluding hydrogens is 1720 g/mol. The number of benzene rings is 19. The van der Waals surface area contributed by atoms with Crippen LogP contribution in [0.3, 0.4) is 0 Å². The van der Waals surface area contributed by atoms with Gasteiger partial charge in [-0.3, -0.25) is 13.7 Å². The van der Waals surface area contributed by atoms with Gasteiger partial charge in [0, 0.05) is 133 Å². The maximum absolute atomic E-state index is 6.38. The lowest BCUT2D eigenvalue weighted by atomic mass is 9.86. The van der Waals surface area contributed by atoms with Crippen molar-refractivity contribution in [3.05, 3.63) is 473 Å². The van der Waals surface area contributed by atoms with Gasteiger partial charge in [0.15, 0.2) is 0 Å². The molecule has 0 fully saturated rings. The lowest BCUT2D eigenvalue weighted by molar-refractivity contribution is 0.590. The number of furan rings is 1. The number of hydrogen-bond donors (Lipinski definition) is 0. The molecule has 0 N–H and O–H groups in total. The van der Waals surface area contributed by atoms with Crippen LogP contribution in [-0.4, -0.2) is 57.3 Å². The molecule has 13 heteroatoms. The van der Waals surface area contributed by atoms with Crippen molar-refractivity contribution in [2.45, 2.75) is 26.2 Å². The van der Waals surface area contributed by atoms with Gasteiger partial charge >= 0.3 is 0 Å². The SMILES string of the molecule is CC(C)(C)c1ccc(-c2ccnc(-n3c4ccccc4c4cc(-n5c6ccccc6c6ccccc65)ccc43)n2)cc1.c1cc(-c2ccnc(-n3c4ccccc4c4cc(-n5c6ccccc6c6ccccc65)ccc43)n2)cc(-c2cccc3c2oc2ccccc23)c1.c1ccc2c(-c3ccc(-c4ccnc(-n5c6ccccc6c6cc(-n7c8ccccc8c8ccccc87)ccc65)n4)cc3)cccc2c1. The first kappa shape index (κ1) is 81.8. The highest BCUT2D eigenvalue weighted by atomic mass is 16.3. The van der Waals surface area contributed by atoms with Crippen molar-refractivity contribution >= 4 is 164 Å². The van der Waals surface area contributed by atoms with Crippen molar-refractivity contribution in [3.8, 4) is 90.9 Å². The predicted molar refractivity (Wildman–Crippen MR) is 583 cm³/mol. The van der Waals surface area contributed by atoms with E-state index in [2.05, 4.69) is 467 Å². The fourth-order valence-corrected chi connectivity index (χ4v) is 21.7. The van der Waals surface area contributed by atoms with E-state index in [0.29, 0.717) is 17.8 Å². The molecule has 0 amide bonds. The average Bonchev–Trinajstić information content (AvgIpc) is 1.58. The van der Waals surface area contributed by atoms with Gasteiger partial charge in [-0.1, -0.05) is 330 Å². The Bertz CT molecular complexity index is 9930. The Morgan fingerprint density at radius 3 is 0.894 bits per heavy atom. The van der Waals surface area contributed by atoms with Crippen LogP contribution in [0, 0.1) is 0 Å². The van der Waals surface area contributed by atoms with Crippen LogP contribution < -0.4 is 0 Å². The van der Waals surface area contributed by atoms with Crippen molar-refractivity contribution in [3.63, 3.8) is 0 Å². The van der Waals surface area contributed by atoms with E-state index in [-0.39, 0.29) is 5.41 Å². The molecule has 0 aliphatic carbocycles. The molecule has 13 nitrogen and oxygen atoms in total. The molecule has 29 aromatic rings. The largest absolute Gasteiger partial charge is 0.455 e. The fraction of sp³-hybridized carbons (Fsp3) is 0.0312. The number of aromatic nitrogens is 12. The standard InChI is InChI=1S/C46H28N4O.C44H28N4.C38H30N4/c1-5-19-40-33(13-1)34-14-2-6-20-41(34)49(40)31-23-24-43-38(28-31)35-15-3-7-21-42(35)50(43)46-47-26-25-39(48-46)30-12-9-11-29(27-30)32-17-10-18-37-36-16-4-8-22-44(36)51-45(32)37;1-2-12-33-29(10-1)11-9-16-34(33)30-20-22-31(23-21-30)39-26-27-45-44(46-39)48-42-19-8-5-15-37(42)38-28-32(24-25-43(38)48)47-40-17-6-3-13-35(40)36-14-4-7-18-41(36)47;1-38(2,3)26-18-16-25(17-19-26)32-22-23-39-37(40-32)42-35-15-9-6-12-30(35)31-24-27(20-21-36(31)42)41-33-13-7-4-10-28(33)29-11-5-8-14-34(29)41/h1-28H;1-28H;4-24H,1-3H3. The van der Waals surface area contributed by atoms with Crippen molar-refractivity contribution < 1.29 is 4.42 Å². The number of hydrogen-bond acceptors (Lipinski definition) is 7. The first-order chi connectivity index (χ1) is 69.6. The molecular formula is C128H86N12O. The Kier molecular flexibility index (Phi) is 19.2. The molecule has 0 saturated heterocycles. The van der Waals surface area contributed by atoms with E-state index in [1.54, 1.807) is 0 Å². The first-order valence-corrected chi connectivity index (χ1v) is 47.9. The predicted octanol–water partition coefficient (Wildman–Crippen LogP) is 32.7. The van der Waals surface area contributed by atoms with Gasteiger partial charge in [0.2, 0.25) is 17.8 Å². The molecule has 0 spiro atoms. The third-order valence-corrected chi connectivity index (χ3v) is 28.2. The highest BCUT2D eigenvalue weighted by Crippen LogP contribution is 2.45. The van der Waals surface area contributed by atoms with Crippen molar-refractivity contribution in [2.24, 2.45) is 0 Å².